The summed E-state index contributed by atoms with van der Waals surface area (Å²) in [5.41, 5.74) is -0.237. The maximum absolute atomic E-state index is 11.9. The molecule has 2 aliphatic carbocycles. The van der Waals surface area contributed by atoms with Gasteiger partial charge in [-0.15, -0.1) is 0 Å². The van der Waals surface area contributed by atoms with Crippen LogP contribution in [-0.2, 0) is 9.53 Å². The second-order valence-corrected chi connectivity index (χ2v) is 8.42. The van der Waals surface area contributed by atoms with Gasteiger partial charge in [0.05, 0.1) is 12.0 Å². The third-order valence-corrected chi connectivity index (χ3v) is 6.33. The summed E-state index contributed by atoms with van der Waals surface area (Å²) in [6, 6.07) is 0. The Labute approximate surface area is 153 Å². The Morgan fingerprint density at radius 1 is 0.840 bits per heavy atom. The predicted molar refractivity (Wildman–Crippen MR) is 99.0 cm³/mol. The third-order valence-electron chi connectivity index (χ3n) is 6.33. The molecule has 25 heavy (non-hydrogen) atoms. The maximum atomic E-state index is 11.9. The fourth-order valence-corrected chi connectivity index (χ4v) is 3.97. The molecule has 0 unspecified atom stereocenters. The number of aliphatic hydroxyl groups is 2. The number of hydrogen-bond donors (Lipinski definition) is 2. The second-order valence-electron chi connectivity index (χ2n) is 8.42. The van der Waals surface area contributed by atoms with Crippen LogP contribution in [0.15, 0.2) is 0 Å². The number of ether oxygens (including phenoxy) is 1. The van der Waals surface area contributed by atoms with E-state index in [2.05, 4.69) is 0 Å². The molecule has 0 aromatic heterocycles. The lowest BCUT2D eigenvalue weighted by Gasteiger charge is -2.16. The van der Waals surface area contributed by atoms with Crippen molar-refractivity contribution in [3.63, 3.8) is 0 Å². The highest BCUT2D eigenvalue weighted by molar-refractivity contribution is 5.79. The summed E-state index contributed by atoms with van der Waals surface area (Å²) in [5.74, 6) is 0.0386. The summed E-state index contributed by atoms with van der Waals surface area (Å²) < 4.78 is 5.18. The molecule has 0 amide bonds. The van der Waals surface area contributed by atoms with Crippen LogP contribution in [0, 0.1) is 10.8 Å². The Bertz CT molecular complexity index is 397. The molecule has 2 aliphatic rings. The van der Waals surface area contributed by atoms with Crippen LogP contribution in [0.1, 0.15) is 103 Å². The van der Waals surface area contributed by atoms with E-state index >= 15 is 0 Å². The Hall–Kier alpha value is -0.610. The summed E-state index contributed by atoms with van der Waals surface area (Å²) >= 11 is 0. The van der Waals surface area contributed by atoms with Gasteiger partial charge in [0.25, 0.3) is 0 Å². The number of carbonyl (C=O) groups is 1. The van der Waals surface area contributed by atoms with Crippen LogP contribution >= 0.6 is 0 Å². The zero-order chi connectivity index (χ0) is 18.2. The van der Waals surface area contributed by atoms with Crippen LogP contribution in [0.4, 0.5) is 0 Å². The zero-order valence-electron chi connectivity index (χ0n) is 16.1. The molecule has 0 aromatic carbocycles. The van der Waals surface area contributed by atoms with Gasteiger partial charge < -0.3 is 14.9 Å². The SMILES string of the molecule is CCOC(=O)C1(CCCCCCCCCCCC2(C(O)O)CC2)CC1. The number of hydrogen-bond acceptors (Lipinski definition) is 4. The molecule has 0 radical (unpaired) electrons. The van der Waals surface area contributed by atoms with Crippen LogP contribution in [0.3, 0.4) is 0 Å². The number of unbranched alkanes of at least 4 members (excludes halogenated alkanes) is 8. The number of aliphatic hydroxyl groups excluding tert-OH is 1. The maximum Gasteiger partial charge on any atom is 0.312 e. The molecule has 0 aliphatic heterocycles. The van der Waals surface area contributed by atoms with Gasteiger partial charge in [0.15, 0.2) is 6.29 Å². The minimum Gasteiger partial charge on any atom is -0.466 e. The molecule has 0 saturated heterocycles. The number of esters is 1. The number of carbonyl (C=O) groups excluding carboxylic acids is 1. The van der Waals surface area contributed by atoms with Gasteiger partial charge in [0.1, 0.15) is 0 Å². The highest BCUT2D eigenvalue weighted by Gasteiger charge is 2.50. The van der Waals surface area contributed by atoms with Crippen LogP contribution in [0.2, 0.25) is 0 Å². The lowest BCUT2D eigenvalue weighted by Crippen LogP contribution is -2.20. The standard InChI is InChI=1S/C21H38O4/c1-2-25-19(24)21(16-17-21)13-11-9-7-5-3-4-6-8-10-12-20(14-15-20)18(22)23/h18,22-23H,2-17H2,1H3. The summed E-state index contributed by atoms with van der Waals surface area (Å²) in [6.45, 7) is 2.39. The van der Waals surface area contributed by atoms with Gasteiger partial charge in [-0.3, -0.25) is 4.79 Å². The van der Waals surface area contributed by atoms with Crippen molar-refractivity contribution in [2.45, 2.75) is 110 Å². The first-order valence-electron chi connectivity index (χ1n) is 10.6. The van der Waals surface area contributed by atoms with Crippen LogP contribution < -0.4 is 0 Å². The van der Waals surface area contributed by atoms with Gasteiger partial charge in [-0.05, 0) is 45.4 Å². The lowest BCUT2D eigenvalue weighted by atomic mass is 9.96. The van der Waals surface area contributed by atoms with E-state index in [1.807, 2.05) is 6.92 Å². The Morgan fingerprint density at radius 2 is 1.32 bits per heavy atom. The fraction of sp³-hybridized carbons (Fsp3) is 0.952. The summed E-state index contributed by atoms with van der Waals surface area (Å²) in [4.78, 5) is 11.9. The van der Waals surface area contributed by atoms with Crippen molar-refractivity contribution in [2.75, 3.05) is 6.61 Å². The van der Waals surface area contributed by atoms with Crippen molar-refractivity contribution in [3.8, 4) is 0 Å². The van der Waals surface area contributed by atoms with E-state index in [4.69, 9.17) is 4.74 Å². The molecule has 2 N–H and O–H groups in total. The van der Waals surface area contributed by atoms with Gasteiger partial charge in [0, 0.05) is 5.41 Å². The number of rotatable bonds is 15. The smallest absolute Gasteiger partial charge is 0.312 e. The van der Waals surface area contributed by atoms with E-state index in [-0.39, 0.29) is 16.8 Å². The summed E-state index contributed by atoms with van der Waals surface area (Å²) in [5, 5.41) is 18.7. The van der Waals surface area contributed by atoms with Gasteiger partial charge in [-0.25, -0.2) is 0 Å². The molecule has 0 bridgehead atoms. The molecule has 0 atom stereocenters. The van der Waals surface area contributed by atoms with E-state index in [9.17, 15) is 15.0 Å². The molecule has 146 valence electrons. The third kappa shape index (κ3) is 6.56. The van der Waals surface area contributed by atoms with E-state index in [0.29, 0.717) is 6.61 Å². The van der Waals surface area contributed by atoms with Crippen molar-refractivity contribution >= 4 is 5.97 Å². The molecule has 2 fully saturated rings. The monoisotopic (exact) mass is 354 g/mol. The highest BCUT2D eigenvalue weighted by atomic mass is 16.5. The highest BCUT2D eigenvalue weighted by Crippen LogP contribution is 2.52. The lowest BCUT2D eigenvalue weighted by molar-refractivity contribution is -0.150. The van der Waals surface area contributed by atoms with E-state index in [1.54, 1.807) is 0 Å². The van der Waals surface area contributed by atoms with Gasteiger partial charge in [-0.1, -0.05) is 57.8 Å². The molecule has 4 nitrogen and oxygen atoms in total. The molecule has 0 spiro atoms. The zero-order valence-corrected chi connectivity index (χ0v) is 16.1. The molecule has 2 saturated carbocycles. The summed E-state index contributed by atoms with van der Waals surface area (Å²) in [7, 11) is 0. The minimum absolute atomic E-state index is 0.0386. The van der Waals surface area contributed by atoms with Crippen LogP contribution in [-0.4, -0.2) is 29.1 Å². The second kappa shape index (κ2) is 9.91. The van der Waals surface area contributed by atoms with Crippen LogP contribution in [0.25, 0.3) is 0 Å². The molecular formula is C21H38O4. The van der Waals surface area contributed by atoms with Crippen molar-refractivity contribution in [1.29, 1.82) is 0 Å². The Kier molecular flexibility index (Phi) is 8.21. The van der Waals surface area contributed by atoms with Crippen LogP contribution in [0.5, 0.6) is 0 Å². The van der Waals surface area contributed by atoms with Gasteiger partial charge in [-0.2, -0.15) is 0 Å². The van der Waals surface area contributed by atoms with Crippen molar-refractivity contribution in [2.24, 2.45) is 10.8 Å². The molecular weight excluding hydrogens is 316 g/mol. The molecule has 4 heteroatoms. The molecule has 0 heterocycles. The van der Waals surface area contributed by atoms with Crippen molar-refractivity contribution < 1.29 is 19.7 Å². The topological polar surface area (TPSA) is 66.8 Å². The molecule has 0 aromatic rings. The van der Waals surface area contributed by atoms with E-state index in [0.717, 1.165) is 51.4 Å². The summed E-state index contributed by atoms with van der Waals surface area (Å²) in [6.07, 6.45) is 16.1. The van der Waals surface area contributed by atoms with E-state index in [1.165, 1.54) is 44.9 Å². The Morgan fingerprint density at radius 3 is 1.72 bits per heavy atom. The quantitative estimate of drug-likeness (QED) is 0.254. The first-order chi connectivity index (χ1) is 12.0. The average Bonchev–Trinajstić information content (AvgIpc) is 3.48. The van der Waals surface area contributed by atoms with E-state index < -0.39 is 6.29 Å². The predicted octanol–water partition coefficient (Wildman–Crippen LogP) is 4.71. The van der Waals surface area contributed by atoms with Crippen molar-refractivity contribution in [3.05, 3.63) is 0 Å². The van der Waals surface area contributed by atoms with Crippen molar-refractivity contribution in [1.82, 2.24) is 0 Å². The fourth-order valence-electron chi connectivity index (χ4n) is 3.97. The normalized spacial score (nSPS) is 19.8. The molecule has 2 rings (SSSR count). The van der Waals surface area contributed by atoms with Gasteiger partial charge >= 0.3 is 5.97 Å². The first-order valence-corrected chi connectivity index (χ1v) is 10.6. The Balaban J connectivity index is 1.35. The average molecular weight is 355 g/mol. The first kappa shape index (κ1) is 20.7. The van der Waals surface area contributed by atoms with Gasteiger partial charge in [0.2, 0.25) is 0 Å². The minimum atomic E-state index is -1.11. The largest absolute Gasteiger partial charge is 0.466 e.